The lowest BCUT2D eigenvalue weighted by Gasteiger charge is -2.22. The van der Waals surface area contributed by atoms with Crippen LogP contribution in [0, 0.1) is 0 Å². The maximum absolute atomic E-state index is 12.4. The quantitative estimate of drug-likeness (QED) is 0.882. The third-order valence-corrected chi connectivity index (χ3v) is 6.25. The van der Waals surface area contributed by atoms with E-state index in [9.17, 15) is 18.0 Å². The zero-order valence-corrected chi connectivity index (χ0v) is 12.2. The number of benzene rings is 1. The minimum absolute atomic E-state index is 0.0681. The predicted octanol–water partition coefficient (Wildman–Crippen LogP) is 0.657. The van der Waals surface area contributed by atoms with Gasteiger partial charge in [0.25, 0.3) is 5.56 Å². The molecule has 2 aromatic rings. The molecule has 0 saturated carbocycles. The van der Waals surface area contributed by atoms with Gasteiger partial charge in [-0.2, -0.15) is 0 Å². The van der Waals surface area contributed by atoms with Crippen LogP contribution in [0.25, 0.3) is 10.9 Å². The molecule has 3 rings (SSSR count). The Balaban J connectivity index is 2.09. The molecule has 1 aromatic heterocycles. The van der Waals surface area contributed by atoms with Crippen molar-refractivity contribution in [3.63, 3.8) is 0 Å². The van der Waals surface area contributed by atoms with E-state index in [4.69, 9.17) is 0 Å². The predicted molar refractivity (Wildman–Crippen MR) is 80.3 cm³/mol. The summed E-state index contributed by atoms with van der Waals surface area (Å²) in [5.41, 5.74) is -0.523. The molecule has 1 aliphatic rings. The van der Waals surface area contributed by atoms with Crippen LogP contribution in [0.1, 0.15) is 19.3 Å². The maximum atomic E-state index is 12.4. The van der Waals surface area contributed by atoms with Crippen molar-refractivity contribution >= 4 is 20.7 Å². The molecule has 1 aliphatic heterocycles. The largest absolute Gasteiger partial charge is 0.328 e. The first-order valence-electron chi connectivity index (χ1n) is 6.92. The molecule has 1 unspecified atom stereocenters. The van der Waals surface area contributed by atoms with Crippen molar-refractivity contribution in [1.82, 2.24) is 9.55 Å². The molecule has 0 bridgehead atoms. The Morgan fingerprint density at radius 1 is 1.19 bits per heavy atom. The molecule has 2 heterocycles. The average molecular weight is 308 g/mol. The third-order valence-electron chi connectivity index (χ3n) is 3.99. The number of hydrogen-bond donors (Lipinski definition) is 1. The van der Waals surface area contributed by atoms with Gasteiger partial charge in [-0.3, -0.25) is 9.36 Å². The van der Waals surface area contributed by atoms with Gasteiger partial charge >= 0.3 is 5.69 Å². The number of hydrogen-bond acceptors (Lipinski definition) is 4. The number of H-pyrrole nitrogens is 1. The van der Waals surface area contributed by atoms with Crippen LogP contribution >= 0.6 is 0 Å². The molecule has 1 aromatic carbocycles. The standard InChI is InChI=1S/C14H16N2O4S/c17-13-11-6-1-2-7-12(11)15-14(18)16(13)9-10-5-3-4-8-21(10,19)20/h1-2,6-7,10H,3-5,8-9H2,(H,15,18). The molecular weight excluding hydrogens is 292 g/mol. The van der Waals surface area contributed by atoms with Crippen LogP contribution in [0.5, 0.6) is 0 Å². The second kappa shape index (κ2) is 5.14. The fourth-order valence-electron chi connectivity index (χ4n) is 2.79. The molecule has 1 fully saturated rings. The summed E-state index contributed by atoms with van der Waals surface area (Å²) in [4.78, 5) is 27.1. The third kappa shape index (κ3) is 2.53. The van der Waals surface area contributed by atoms with Crippen LogP contribution in [0.2, 0.25) is 0 Å². The van der Waals surface area contributed by atoms with Crippen molar-refractivity contribution in [2.45, 2.75) is 31.1 Å². The fraction of sp³-hybridized carbons (Fsp3) is 0.429. The van der Waals surface area contributed by atoms with E-state index in [1.807, 2.05) is 0 Å². The Morgan fingerprint density at radius 3 is 2.71 bits per heavy atom. The number of rotatable bonds is 2. The first kappa shape index (κ1) is 14.1. The Bertz CT molecular complexity index is 895. The van der Waals surface area contributed by atoms with Gasteiger partial charge in [0.1, 0.15) is 0 Å². The Hall–Kier alpha value is -1.89. The van der Waals surface area contributed by atoms with Gasteiger partial charge in [-0.25, -0.2) is 13.2 Å². The minimum atomic E-state index is -3.22. The summed E-state index contributed by atoms with van der Waals surface area (Å²) in [6.45, 7) is -0.0681. The number of aromatic nitrogens is 2. The summed E-state index contributed by atoms with van der Waals surface area (Å²) in [7, 11) is -3.22. The van der Waals surface area contributed by atoms with E-state index in [1.165, 1.54) is 0 Å². The highest BCUT2D eigenvalue weighted by atomic mass is 32.2. The normalized spacial score (nSPS) is 21.4. The highest BCUT2D eigenvalue weighted by molar-refractivity contribution is 7.92. The number of nitrogens with one attached hydrogen (secondary N) is 1. The molecule has 6 nitrogen and oxygen atoms in total. The van der Waals surface area contributed by atoms with Crippen LogP contribution in [0.3, 0.4) is 0 Å². The monoisotopic (exact) mass is 308 g/mol. The van der Waals surface area contributed by atoms with E-state index >= 15 is 0 Å². The second-order valence-electron chi connectivity index (χ2n) is 5.38. The van der Waals surface area contributed by atoms with Crippen molar-refractivity contribution in [2.24, 2.45) is 0 Å². The lowest BCUT2D eigenvalue weighted by atomic mass is 10.2. The lowest BCUT2D eigenvalue weighted by Crippen LogP contribution is -2.42. The highest BCUT2D eigenvalue weighted by Crippen LogP contribution is 2.20. The second-order valence-corrected chi connectivity index (χ2v) is 7.78. The van der Waals surface area contributed by atoms with Crippen molar-refractivity contribution in [1.29, 1.82) is 0 Å². The van der Waals surface area contributed by atoms with Gasteiger partial charge in [0, 0.05) is 6.54 Å². The van der Waals surface area contributed by atoms with E-state index < -0.39 is 26.3 Å². The number of aromatic amines is 1. The van der Waals surface area contributed by atoms with E-state index in [-0.39, 0.29) is 12.3 Å². The first-order chi connectivity index (χ1) is 9.99. The van der Waals surface area contributed by atoms with Crippen LogP contribution in [-0.4, -0.2) is 29.0 Å². The highest BCUT2D eigenvalue weighted by Gasteiger charge is 2.30. The fourth-order valence-corrected chi connectivity index (χ4v) is 4.64. The molecule has 1 saturated heterocycles. The van der Waals surface area contributed by atoms with Gasteiger partial charge in [0.15, 0.2) is 9.84 Å². The SMILES string of the molecule is O=c1[nH]c2ccccc2c(=O)n1CC1CCCCS1(=O)=O. The smallest absolute Gasteiger partial charge is 0.307 e. The van der Waals surface area contributed by atoms with Gasteiger partial charge < -0.3 is 4.98 Å². The van der Waals surface area contributed by atoms with Crippen molar-refractivity contribution in [3.05, 3.63) is 45.1 Å². The molecule has 0 amide bonds. The van der Waals surface area contributed by atoms with Gasteiger partial charge in [-0.1, -0.05) is 18.6 Å². The lowest BCUT2D eigenvalue weighted by molar-refractivity contribution is 0.497. The molecular formula is C14H16N2O4S. The zero-order chi connectivity index (χ0) is 15.0. The molecule has 0 aliphatic carbocycles. The molecule has 0 spiro atoms. The Labute approximate surface area is 121 Å². The van der Waals surface area contributed by atoms with Gasteiger partial charge in [-0.15, -0.1) is 0 Å². The summed E-state index contributed by atoms with van der Waals surface area (Å²) in [6, 6.07) is 6.72. The van der Waals surface area contributed by atoms with Crippen molar-refractivity contribution < 1.29 is 8.42 Å². The van der Waals surface area contributed by atoms with E-state index in [0.717, 1.165) is 11.0 Å². The van der Waals surface area contributed by atoms with E-state index in [0.29, 0.717) is 23.7 Å². The average Bonchev–Trinajstić information content (AvgIpc) is 2.44. The van der Waals surface area contributed by atoms with E-state index in [1.54, 1.807) is 24.3 Å². The van der Waals surface area contributed by atoms with Crippen LogP contribution in [0.15, 0.2) is 33.9 Å². The van der Waals surface area contributed by atoms with Crippen LogP contribution < -0.4 is 11.2 Å². The van der Waals surface area contributed by atoms with Crippen molar-refractivity contribution in [2.75, 3.05) is 5.75 Å². The molecule has 7 heteroatoms. The Kier molecular flexibility index (Phi) is 3.44. The molecule has 1 N–H and O–H groups in total. The van der Waals surface area contributed by atoms with Gasteiger partial charge in [0.2, 0.25) is 0 Å². The Morgan fingerprint density at radius 2 is 1.95 bits per heavy atom. The summed E-state index contributed by atoms with van der Waals surface area (Å²) in [6.07, 6.45) is 1.97. The van der Waals surface area contributed by atoms with Gasteiger partial charge in [0.05, 0.1) is 21.9 Å². The summed E-state index contributed by atoms with van der Waals surface area (Å²) in [5, 5.41) is -0.253. The number of sulfone groups is 1. The van der Waals surface area contributed by atoms with Crippen molar-refractivity contribution in [3.8, 4) is 0 Å². The van der Waals surface area contributed by atoms with Crippen LogP contribution in [0.4, 0.5) is 0 Å². The minimum Gasteiger partial charge on any atom is -0.307 e. The summed E-state index contributed by atoms with van der Waals surface area (Å²) < 4.78 is 25.1. The summed E-state index contributed by atoms with van der Waals surface area (Å²) >= 11 is 0. The molecule has 21 heavy (non-hydrogen) atoms. The number of nitrogens with zero attached hydrogens (tertiary/aromatic N) is 1. The first-order valence-corrected chi connectivity index (χ1v) is 8.64. The van der Waals surface area contributed by atoms with Crippen LogP contribution in [-0.2, 0) is 16.4 Å². The van der Waals surface area contributed by atoms with E-state index in [2.05, 4.69) is 4.98 Å². The molecule has 1 atom stereocenters. The molecule has 112 valence electrons. The van der Waals surface area contributed by atoms with Gasteiger partial charge in [-0.05, 0) is 25.0 Å². The summed E-state index contributed by atoms with van der Waals surface area (Å²) in [5.74, 6) is 0.137. The maximum Gasteiger partial charge on any atom is 0.328 e. The zero-order valence-electron chi connectivity index (χ0n) is 11.4. The number of fused-ring (bicyclic) bond motifs is 1. The molecule has 0 radical (unpaired) electrons. The number of para-hydroxylation sites is 1. The topological polar surface area (TPSA) is 89.0 Å².